The normalized spacial score (nSPS) is 11.3. The molecule has 0 atom stereocenters. The van der Waals surface area contributed by atoms with Gasteiger partial charge in [-0.05, 0) is 48.7 Å². The summed E-state index contributed by atoms with van der Waals surface area (Å²) < 4.78 is 51.9. The third-order valence-corrected chi connectivity index (χ3v) is 4.26. The van der Waals surface area contributed by atoms with Crippen LogP contribution in [-0.2, 0) is 17.5 Å². The Hall–Kier alpha value is -2.70. The second-order valence-electron chi connectivity index (χ2n) is 6.30. The fourth-order valence-corrected chi connectivity index (χ4v) is 2.54. The van der Waals surface area contributed by atoms with Crippen LogP contribution in [0.25, 0.3) is 0 Å². The summed E-state index contributed by atoms with van der Waals surface area (Å²) in [6, 6.07) is 7.51. The summed E-state index contributed by atoms with van der Waals surface area (Å²) in [6.07, 6.45) is -4.92. The summed E-state index contributed by atoms with van der Waals surface area (Å²) in [5.41, 5.74) is 1.13. The number of Topliss-reactive ketones (excluding diaryl/α,β-unsaturated/α-hetero) is 1. The minimum Gasteiger partial charge on any atom is -0.352 e. The van der Waals surface area contributed by atoms with Crippen molar-refractivity contribution < 1.29 is 27.2 Å². The molecule has 0 radical (unpaired) electrons. The Morgan fingerprint density at radius 1 is 0.963 bits per heavy atom. The van der Waals surface area contributed by atoms with Gasteiger partial charge in [0.05, 0.1) is 5.56 Å². The molecule has 27 heavy (non-hydrogen) atoms. The Balaban J connectivity index is 1.93. The van der Waals surface area contributed by atoms with Gasteiger partial charge in [0.25, 0.3) is 0 Å². The molecule has 7 heteroatoms. The zero-order valence-electron chi connectivity index (χ0n) is 14.9. The van der Waals surface area contributed by atoms with Crippen LogP contribution in [-0.4, -0.2) is 11.7 Å². The standard InChI is InChI=1S/C20H19F4NO2/c1-12-3-4-14(9-13(12)2)18(26)7-8-19(27)25-11-15-5-6-16(21)10-17(15)20(22,23)24/h3-6,9-10H,7-8,11H2,1-2H3,(H,25,27). The minimum absolute atomic E-state index is 0.0517. The lowest BCUT2D eigenvalue weighted by Crippen LogP contribution is -2.25. The first-order valence-corrected chi connectivity index (χ1v) is 8.30. The maximum Gasteiger partial charge on any atom is 0.416 e. The van der Waals surface area contributed by atoms with Gasteiger partial charge >= 0.3 is 6.18 Å². The van der Waals surface area contributed by atoms with E-state index in [4.69, 9.17) is 0 Å². The number of rotatable bonds is 6. The Morgan fingerprint density at radius 3 is 2.30 bits per heavy atom. The molecule has 0 bridgehead atoms. The zero-order valence-corrected chi connectivity index (χ0v) is 14.9. The van der Waals surface area contributed by atoms with Gasteiger partial charge in [0.15, 0.2) is 5.78 Å². The molecule has 1 N–H and O–H groups in total. The van der Waals surface area contributed by atoms with Crippen molar-refractivity contribution in [1.82, 2.24) is 5.32 Å². The summed E-state index contributed by atoms with van der Waals surface area (Å²) >= 11 is 0. The van der Waals surface area contributed by atoms with E-state index in [1.807, 2.05) is 19.9 Å². The van der Waals surface area contributed by atoms with Crippen LogP contribution >= 0.6 is 0 Å². The highest BCUT2D eigenvalue weighted by Crippen LogP contribution is 2.32. The van der Waals surface area contributed by atoms with E-state index in [0.717, 1.165) is 23.3 Å². The fourth-order valence-electron chi connectivity index (χ4n) is 2.54. The third kappa shape index (κ3) is 5.64. The van der Waals surface area contributed by atoms with E-state index in [9.17, 15) is 27.2 Å². The Labute approximate surface area is 154 Å². The molecular formula is C20H19F4NO2. The number of nitrogens with one attached hydrogen (secondary N) is 1. The molecule has 2 aromatic carbocycles. The Kier molecular flexibility index (Phi) is 6.36. The molecule has 0 aliphatic carbocycles. The van der Waals surface area contributed by atoms with E-state index >= 15 is 0 Å². The highest BCUT2D eigenvalue weighted by atomic mass is 19.4. The van der Waals surface area contributed by atoms with Gasteiger partial charge in [-0.1, -0.05) is 18.2 Å². The first-order chi connectivity index (χ1) is 12.6. The molecule has 1 amide bonds. The van der Waals surface area contributed by atoms with Crippen molar-refractivity contribution in [3.63, 3.8) is 0 Å². The van der Waals surface area contributed by atoms with E-state index in [0.29, 0.717) is 11.6 Å². The van der Waals surface area contributed by atoms with Crippen LogP contribution in [0.1, 0.15) is 45.5 Å². The van der Waals surface area contributed by atoms with Gasteiger partial charge in [-0.15, -0.1) is 0 Å². The SMILES string of the molecule is Cc1ccc(C(=O)CCC(=O)NCc2ccc(F)cc2C(F)(F)F)cc1C. The van der Waals surface area contributed by atoms with Crippen LogP contribution in [0.4, 0.5) is 17.6 Å². The molecule has 3 nitrogen and oxygen atoms in total. The summed E-state index contributed by atoms with van der Waals surface area (Å²) in [6.45, 7) is 3.40. The van der Waals surface area contributed by atoms with Gasteiger partial charge in [-0.2, -0.15) is 13.2 Å². The molecule has 0 heterocycles. The number of carbonyl (C=O) groups excluding carboxylic acids is 2. The van der Waals surface area contributed by atoms with Crippen molar-refractivity contribution >= 4 is 11.7 Å². The first kappa shape index (κ1) is 20.6. The summed E-state index contributed by atoms with van der Waals surface area (Å²) in [7, 11) is 0. The van der Waals surface area contributed by atoms with Gasteiger partial charge in [0.1, 0.15) is 5.82 Å². The van der Waals surface area contributed by atoms with Crippen LogP contribution in [0.15, 0.2) is 36.4 Å². The maximum atomic E-state index is 13.1. The number of benzene rings is 2. The number of hydrogen-bond donors (Lipinski definition) is 1. The van der Waals surface area contributed by atoms with Crippen molar-refractivity contribution in [2.75, 3.05) is 0 Å². The molecule has 0 saturated carbocycles. The molecule has 0 saturated heterocycles. The van der Waals surface area contributed by atoms with E-state index in [1.54, 1.807) is 12.1 Å². The fraction of sp³-hybridized carbons (Fsp3) is 0.300. The van der Waals surface area contributed by atoms with Gasteiger partial charge in [-0.25, -0.2) is 4.39 Å². The van der Waals surface area contributed by atoms with E-state index in [-0.39, 0.29) is 24.2 Å². The topological polar surface area (TPSA) is 46.2 Å². The van der Waals surface area contributed by atoms with Crippen molar-refractivity contribution in [3.8, 4) is 0 Å². The highest BCUT2D eigenvalue weighted by molar-refractivity contribution is 5.98. The van der Waals surface area contributed by atoms with Crippen LogP contribution in [0.2, 0.25) is 0 Å². The number of alkyl halides is 3. The molecule has 144 valence electrons. The quantitative estimate of drug-likeness (QED) is 0.580. The van der Waals surface area contributed by atoms with Gasteiger partial charge < -0.3 is 5.32 Å². The lowest BCUT2D eigenvalue weighted by molar-refractivity contribution is -0.138. The van der Waals surface area contributed by atoms with E-state index in [2.05, 4.69) is 5.32 Å². The highest BCUT2D eigenvalue weighted by Gasteiger charge is 2.33. The monoisotopic (exact) mass is 381 g/mol. The second kappa shape index (κ2) is 8.33. The van der Waals surface area contributed by atoms with E-state index < -0.39 is 30.0 Å². The number of ketones is 1. The summed E-state index contributed by atoms with van der Waals surface area (Å²) in [5.74, 6) is -1.77. The zero-order chi connectivity index (χ0) is 20.2. The largest absolute Gasteiger partial charge is 0.416 e. The maximum absolute atomic E-state index is 13.1. The third-order valence-electron chi connectivity index (χ3n) is 4.26. The van der Waals surface area contributed by atoms with Crippen molar-refractivity contribution in [2.45, 2.75) is 39.4 Å². The summed E-state index contributed by atoms with van der Waals surface area (Å²) in [4.78, 5) is 24.0. The van der Waals surface area contributed by atoms with Crippen molar-refractivity contribution in [3.05, 3.63) is 70.0 Å². The molecule has 0 spiro atoms. The minimum atomic E-state index is -4.72. The Bertz CT molecular complexity index is 860. The first-order valence-electron chi connectivity index (χ1n) is 8.30. The number of carbonyl (C=O) groups is 2. The van der Waals surface area contributed by atoms with Crippen LogP contribution in [0.3, 0.4) is 0 Å². The van der Waals surface area contributed by atoms with Gasteiger partial charge in [0.2, 0.25) is 5.91 Å². The van der Waals surface area contributed by atoms with Gasteiger partial charge in [0, 0.05) is 24.9 Å². The molecule has 2 rings (SSSR count). The number of hydrogen-bond acceptors (Lipinski definition) is 2. The average molecular weight is 381 g/mol. The van der Waals surface area contributed by atoms with Crippen LogP contribution in [0, 0.1) is 19.7 Å². The number of aryl methyl sites for hydroxylation is 2. The molecule has 0 aliphatic rings. The average Bonchev–Trinajstić information content (AvgIpc) is 2.60. The van der Waals surface area contributed by atoms with E-state index in [1.165, 1.54) is 0 Å². The molecule has 0 aliphatic heterocycles. The molecular weight excluding hydrogens is 362 g/mol. The molecule has 0 unspecified atom stereocenters. The van der Waals surface area contributed by atoms with Crippen LogP contribution in [0.5, 0.6) is 0 Å². The molecule has 0 fully saturated rings. The lowest BCUT2D eigenvalue weighted by Gasteiger charge is -2.13. The van der Waals surface area contributed by atoms with Gasteiger partial charge in [-0.3, -0.25) is 9.59 Å². The summed E-state index contributed by atoms with van der Waals surface area (Å²) in [5, 5.41) is 2.34. The van der Waals surface area contributed by atoms with Crippen LogP contribution < -0.4 is 5.32 Å². The van der Waals surface area contributed by atoms with Crippen molar-refractivity contribution in [2.24, 2.45) is 0 Å². The predicted molar refractivity (Wildman–Crippen MR) is 92.7 cm³/mol. The molecule has 2 aromatic rings. The smallest absolute Gasteiger partial charge is 0.352 e. The second-order valence-corrected chi connectivity index (χ2v) is 6.30. The number of halogens is 4. The predicted octanol–water partition coefficient (Wildman–Crippen LogP) is 4.74. The lowest BCUT2D eigenvalue weighted by atomic mass is 10.0. The molecule has 0 aromatic heterocycles. The Morgan fingerprint density at radius 2 is 1.67 bits per heavy atom. The van der Waals surface area contributed by atoms with Crippen molar-refractivity contribution in [1.29, 1.82) is 0 Å². The number of amides is 1.